The van der Waals surface area contributed by atoms with E-state index in [1.807, 2.05) is 0 Å². The van der Waals surface area contributed by atoms with Crippen molar-refractivity contribution in [1.82, 2.24) is 15.2 Å². The normalized spacial score (nSPS) is 10.2. The second-order valence-electron chi connectivity index (χ2n) is 4.30. The Morgan fingerprint density at radius 1 is 1.43 bits per heavy atom. The van der Waals surface area contributed by atoms with Gasteiger partial charge in [0.05, 0.1) is 17.1 Å². The summed E-state index contributed by atoms with van der Waals surface area (Å²) in [6.07, 6.45) is 1.34. The number of hydrogen-bond donors (Lipinski definition) is 3. The SMILES string of the molecule is Cc1n[nH]c(C)c1NC(=O)COc1cccnc1C(=O)O. The summed E-state index contributed by atoms with van der Waals surface area (Å²) in [6.45, 7) is 3.21. The Bertz CT molecular complexity index is 661. The van der Waals surface area contributed by atoms with Crippen molar-refractivity contribution in [3.63, 3.8) is 0 Å². The van der Waals surface area contributed by atoms with Crippen molar-refractivity contribution in [2.45, 2.75) is 13.8 Å². The Hall–Kier alpha value is -2.90. The zero-order valence-corrected chi connectivity index (χ0v) is 11.5. The van der Waals surface area contributed by atoms with Crippen molar-refractivity contribution < 1.29 is 19.4 Å². The lowest BCUT2D eigenvalue weighted by atomic mass is 10.3. The third kappa shape index (κ3) is 3.35. The number of aromatic nitrogens is 3. The summed E-state index contributed by atoms with van der Waals surface area (Å²) in [6, 6.07) is 2.97. The summed E-state index contributed by atoms with van der Waals surface area (Å²) >= 11 is 0. The number of pyridine rings is 1. The van der Waals surface area contributed by atoms with E-state index < -0.39 is 11.9 Å². The summed E-state index contributed by atoms with van der Waals surface area (Å²) in [5, 5.41) is 18.3. The fraction of sp³-hybridized carbons (Fsp3) is 0.231. The van der Waals surface area contributed by atoms with Gasteiger partial charge in [0.1, 0.15) is 0 Å². The Kier molecular flexibility index (Phi) is 4.17. The summed E-state index contributed by atoms with van der Waals surface area (Å²) < 4.78 is 5.20. The molecule has 0 bridgehead atoms. The Labute approximate surface area is 120 Å². The monoisotopic (exact) mass is 290 g/mol. The van der Waals surface area contributed by atoms with Gasteiger partial charge in [-0.25, -0.2) is 9.78 Å². The van der Waals surface area contributed by atoms with E-state index in [9.17, 15) is 9.59 Å². The minimum atomic E-state index is -1.22. The van der Waals surface area contributed by atoms with Gasteiger partial charge in [-0.2, -0.15) is 5.10 Å². The number of ether oxygens (including phenoxy) is 1. The molecular formula is C13H14N4O4. The number of carboxylic acids is 1. The molecule has 2 rings (SSSR count). The van der Waals surface area contributed by atoms with Crippen molar-refractivity contribution in [1.29, 1.82) is 0 Å². The molecule has 0 fully saturated rings. The standard InChI is InChI=1S/C13H14N4O4/c1-7-11(8(2)17-16-7)15-10(18)6-21-9-4-3-5-14-12(9)13(19)20/h3-5H,6H2,1-2H3,(H,15,18)(H,16,17)(H,19,20). The number of hydrogen-bond acceptors (Lipinski definition) is 5. The van der Waals surface area contributed by atoms with E-state index in [1.54, 1.807) is 13.8 Å². The summed E-state index contributed by atoms with van der Waals surface area (Å²) in [7, 11) is 0. The highest BCUT2D eigenvalue weighted by Crippen LogP contribution is 2.17. The predicted molar refractivity (Wildman–Crippen MR) is 73.4 cm³/mol. The van der Waals surface area contributed by atoms with Crippen LogP contribution in [-0.4, -0.2) is 38.8 Å². The van der Waals surface area contributed by atoms with Crippen molar-refractivity contribution >= 4 is 17.6 Å². The van der Waals surface area contributed by atoms with Crippen LogP contribution >= 0.6 is 0 Å². The van der Waals surface area contributed by atoms with Crippen LogP contribution in [0.2, 0.25) is 0 Å². The van der Waals surface area contributed by atoms with Crippen LogP contribution in [0, 0.1) is 13.8 Å². The van der Waals surface area contributed by atoms with Crippen molar-refractivity contribution in [3.05, 3.63) is 35.4 Å². The van der Waals surface area contributed by atoms with Gasteiger partial charge in [0, 0.05) is 6.20 Å². The molecule has 0 aliphatic rings. The largest absolute Gasteiger partial charge is 0.481 e. The lowest BCUT2D eigenvalue weighted by Gasteiger charge is -2.09. The molecule has 8 nitrogen and oxygen atoms in total. The molecular weight excluding hydrogens is 276 g/mol. The van der Waals surface area contributed by atoms with Gasteiger partial charge < -0.3 is 15.2 Å². The Morgan fingerprint density at radius 3 is 2.81 bits per heavy atom. The number of carbonyl (C=O) groups excluding carboxylic acids is 1. The van der Waals surface area contributed by atoms with E-state index in [2.05, 4.69) is 20.5 Å². The Morgan fingerprint density at radius 2 is 2.19 bits per heavy atom. The number of aromatic carboxylic acids is 1. The van der Waals surface area contributed by atoms with Gasteiger partial charge in [-0.15, -0.1) is 0 Å². The first-order chi connectivity index (χ1) is 9.99. The quantitative estimate of drug-likeness (QED) is 0.760. The van der Waals surface area contributed by atoms with Gasteiger partial charge in [-0.1, -0.05) is 0 Å². The number of carboxylic acid groups (broad SMARTS) is 1. The first-order valence-corrected chi connectivity index (χ1v) is 6.11. The van der Waals surface area contributed by atoms with Crippen LogP contribution in [0.5, 0.6) is 5.75 Å². The topological polar surface area (TPSA) is 117 Å². The number of nitrogens with one attached hydrogen (secondary N) is 2. The number of anilines is 1. The molecule has 0 aromatic carbocycles. The molecule has 2 aromatic heterocycles. The molecule has 2 heterocycles. The first kappa shape index (κ1) is 14.5. The number of H-pyrrole nitrogens is 1. The van der Waals surface area contributed by atoms with Crippen LogP contribution in [0.3, 0.4) is 0 Å². The molecule has 0 aliphatic heterocycles. The van der Waals surface area contributed by atoms with Crippen LogP contribution in [0.1, 0.15) is 21.9 Å². The van der Waals surface area contributed by atoms with Crippen molar-refractivity contribution in [3.8, 4) is 5.75 Å². The molecule has 0 aliphatic carbocycles. The molecule has 0 saturated carbocycles. The van der Waals surface area contributed by atoms with E-state index in [0.717, 1.165) is 5.69 Å². The molecule has 3 N–H and O–H groups in total. The maximum atomic E-state index is 11.8. The summed E-state index contributed by atoms with van der Waals surface area (Å²) in [5.41, 5.74) is 1.75. The maximum absolute atomic E-state index is 11.8. The lowest BCUT2D eigenvalue weighted by Crippen LogP contribution is -2.21. The molecule has 8 heteroatoms. The van der Waals surface area contributed by atoms with E-state index in [0.29, 0.717) is 11.4 Å². The molecule has 1 amide bonds. The first-order valence-electron chi connectivity index (χ1n) is 6.11. The second kappa shape index (κ2) is 6.04. The van der Waals surface area contributed by atoms with Crippen molar-refractivity contribution in [2.24, 2.45) is 0 Å². The number of amides is 1. The molecule has 0 unspecified atom stereocenters. The summed E-state index contributed by atoms with van der Waals surface area (Å²) in [4.78, 5) is 26.5. The molecule has 0 radical (unpaired) electrons. The van der Waals surface area contributed by atoms with E-state index >= 15 is 0 Å². The van der Waals surface area contributed by atoms with E-state index in [4.69, 9.17) is 9.84 Å². The van der Waals surface area contributed by atoms with Gasteiger partial charge in [-0.05, 0) is 26.0 Å². The number of aryl methyl sites for hydroxylation is 2. The highest BCUT2D eigenvalue weighted by atomic mass is 16.5. The third-order valence-electron chi connectivity index (χ3n) is 2.72. The fourth-order valence-electron chi connectivity index (χ4n) is 1.72. The maximum Gasteiger partial charge on any atom is 0.358 e. The number of carbonyl (C=O) groups is 2. The highest BCUT2D eigenvalue weighted by Gasteiger charge is 2.15. The molecule has 0 spiro atoms. The third-order valence-corrected chi connectivity index (χ3v) is 2.72. The van der Waals surface area contributed by atoms with Crippen LogP contribution in [-0.2, 0) is 4.79 Å². The van der Waals surface area contributed by atoms with Crippen LogP contribution in [0.25, 0.3) is 0 Å². The number of aromatic amines is 1. The zero-order valence-electron chi connectivity index (χ0n) is 11.5. The van der Waals surface area contributed by atoms with E-state index in [1.165, 1.54) is 18.3 Å². The van der Waals surface area contributed by atoms with Crippen LogP contribution in [0.4, 0.5) is 5.69 Å². The van der Waals surface area contributed by atoms with Gasteiger partial charge in [0.2, 0.25) is 0 Å². The number of nitrogens with zero attached hydrogens (tertiary/aromatic N) is 2. The lowest BCUT2D eigenvalue weighted by molar-refractivity contribution is -0.118. The minimum Gasteiger partial charge on any atom is -0.481 e. The smallest absolute Gasteiger partial charge is 0.358 e. The molecule has 110 valence electrons. The zero-order chi connectivity index (χ0) is 15.4. The average Bonchev–Trinajstić information content (AvgIpc) is 2.77. The molecule has 2 aromatic rings. The molecule has 0 atom stereocenters. The summed E-state index contributed by atoms with van der Waals surface area (Å²) in [5.74, 6) is -1.59. The van der Waals surface area contributed by atoms with Crippen molar-refractivity contribution in [2.75, 3.05) is 11.9 Å². The fourth-order valence-corrected chi connectivity index (χ4v) is 1.72. The second-order valence-corrected chi connectivity index (χ2v) is 4.30. The predicted octanol–water partition coefficient (Wildman–Crippen LogP) is 1.14. The average molecular weight is 290 g/mol. The molecule has 0 saturated heterocycles. The van der Waals surface area contributed by atoms with E-state index in [-0.39, 0.29) is 18.1 Å². The number of rotatable bonds is 5. The highest BCUT2D eigenvalue weighted by molar-refractivity contribution is 5.93. The van der Waals surface area contributed by atoms with Gasteiger partial charge >= 0.3 is 5.97 Å². The minimum absolute atomic E-state index is 0.0424. The molecule has 21 heavy (non-hydrogen) atoms. The van der Waals surface area contributed by atoms with Gasteiger partial charge in [-0.3, -0.25) is 9.89 Å². The van der Waals surface area contributed by atoms with Crippen LogP contribution in [0.15, 0.2) is 18.3 Å². The van der Waals surface area contributed by atoms with Gasteiger partial charge in [0.15, 0.2) is 18.1 Å². The van der Waals surface area contributed by atoms with Crippen LogP contribution < -0.4 is 10.1 Å². The van der Waals surface area contributed by atoms with Gasteiger partial charge in [0.25, 0.3) is 5.91 Å². The Balaban J connectivity index is 2.01.